The fourth-order valence-corrected chi connectivity index (χ4v) is 2.43. The molecule has 2 aromatic rings. The van der Waals surface area contributed by atoms with E-state index in [1.54, 1.807) is 4.90 Å². The Bertz CT molecular complexity index is 634. The van der Waals surface area contributed by atoms with Gasteiger partial charge in [0.05, 0.1) is 12.2 Å². The maximum Gasteiger partial charge on any atom is 0.258 e. The lowest BCUT2D eigenvalue weighted by molar-refractivity contribution is 0.0961. The van der Waals surface area contributed by atoms with Crippen molar-refractivity contribution < 1.29 is 9.53 Å². The second-order valence-electron chi connectivity index (χ2n) is 5.18. The van der Waals surface area contributed by atoms with Crippen LogP contribution in [-0.2, 0) is 0 Å². The number of aryl methyl sites for hydroxylation is 1. The standard InChI is InChI=1S/C17H17NO2/c1-12-7-9-14(10-8-12)17(19)18-11-13(2)20-16-6-4-3-5-15(16)18/h3-10,13H,11H2,1-2H3/t13-/m1/s1. The van der Waals surface area contributed by atoms with E-state index in [0.29, 0.717) is 12.1 Å². The first-order valence-corrected chi connectivity index (χ1v) is 6.79. The molecule has 1 heterocycles. The van der Waals surface area contributed by atoms with E-state index >= 15 is 0 Å². The summed E-state index contributed by atoms with van der Waals surface area (Å²) < 4.78 is 5.77. The molecule has 0 bridgehead atoms. The van der Waals surface area contributed by atoms with Crippen molar-refractivity contribution in [2.75, 3.05) is 11.4 Å². The SMILES string of the molecule is Cc1ccc(C(=O)N2C[C@@H](C)Oc3ccccc32)cc1. The van der Waals surface area contributed by atoms with E-state index in [9.17, 15) is 4.79 Å². The highest BCUT2D eigenvalue weighted by Crippen LogP contribution is 2.33. The average Bonchev–Trinajstić information content (AvgIpc) is 2.46. The number of anilines is 1. The first kappa shape index (κ1) is 12.7. The number of para-hydroxylation sites is 2. The lowest BCUT2D eigenvalue weighted by Crippen LogP contribution is -2.42. The normalized spacial score (nSPS) is 17.3. The summed E-state index contributed by atoms with van der Waals surface area (Å²) in [5.41, 5.74) is 2.70. The molecule has 2 aromatic carbocycles. The average molecular weight is 267 g/mol. The number of fused-ring (bicyclic) bond motifs is 1. The monoisotopic (exact) mass is 267 g/mol. The highest BCUT2D eigenvalue weighted by Gasteiger charge is 2.27. The highest BCUT2D eigenvalue weighted by atomic mass is 16.5. The van der Waals surface area contributed by atoms with Crippen LogP contribution in [0.1, 0.15) is 22.8 Å². The number of hydrogen-bond donors (Lipinski definition) is 0. The van der Waals surface area contributed by atoms with Crippen LogP contribution < -0.4 is 9.64 Å². The zero-order valence-electron chi connectivity index (χ0n) is 11.7. The van der Waals surface area contributed by atoms with Crippen molar-refractivity contribution in [3.63, 3.8) is 0 Å². The first-order valence-electron chi connectivity index (χ1n) is 6.79. The molecule has 1 amide bonds. The van der Waals surface area contributed by atoms with Gasteiger partial charge < -0.3 is 9.64 Å². The number of amides is 1. The second kappa shape index (κ2) is 5.00. The Morgan fingerprint density at radius 1 is 1.15 bits per heavy atom. The summed E-state index contributed by atoms with van der Waals surface area (Å²) >= 11 is 0. The van der Waals surface area contributed by atoms with Gasteiger partial charge in [-0.3, -0.25) is 4.79 Å². The van der Waals surface area contributed by atoms with Gasteiger partial charge in [0.2, 0.25) is 0 Å². The van der Waals surface area contributed by atoms with Gasteiger partial charge in [-0.05, 0) is 38.1 Å². The van der Waals surface area contributed by atoms with Crippen LogP contribution in [0, 0.1) is 6.92 Å². The van der Waals surface area contributed by atoms with E-state index < -0.39 is 0 Å². The van der Waals surface area contributed by atoms with Crippen LogP contribution in [0.4, 0.5) is 5.69 Å². The number of rotatable bonds is 1. The van der Waals surface area contributed by atoms with Gasteiger partial charge in [0.1, 0.15) is 11.9 Å². The molecule has 0 unspecified atom stereocenters. The van der Waals surface area contributed by atoms with Gasteiger partial charge in [-0.2, -0.15) is 0 Å². The molecule has 0 spiro atoms. The molecule has 0 N–H and O–H groups in total. The van der Waals surface area contributed by atoms with Gasteiger partial charge in [-0.15, -0.1) is 0 Å². The molecule has 1 atom stereocenters. The number of hydrogen-bond acceptors (Lipinski definition) is 2. The van der Waals surface area contributed by atoms with E-state index in [1.807, 2.05) is 62.4 Å². The van der Waals surface area contributed by atoms with E-state index in [2.05, 4.69) is 0 Å². The molecule has 1 aliphatic rings. The van der Waals surface area contributed by atoms with Crippen molar-refractivity contribution in [2.45, 2.75) is 20.0 Å². The predicted octanol–water partition coefficient (Wildman–Crippen LogP) is 3.42. The minimum atomic E-state index is -0.000650. The third kappa shape index (κ3) is 2.27. The molecule has 3 rings (SSSR count). The molecule has 0 saturated heterocycles. The van der Waals surface area contributed by atoms with Gasteiger partial charge in [0, 0.05) is 5.56 Å². The van der Waals surface area contributed by atoms with Crippen molar-refractivity contribution in [1.29, 1.82) is 0 Å². The van der Waals surface area contributed by atoms with Crippen LogP contribution in [0.3, 0.4) is 0 Å². The Kier molecular flexibility index (Phi) is 3.18. The van der Waals surface area contributed by atoms with Crippen molar-refractivity contribution in [3.8, 4) is 5.75 Å². The third-order valence-electron chi connectivity index (χ3n) is 3.47. The maximum atomic E-state index is 12.7. The molecule has 0 radical (unpaired) electrons. The summed E-state index contributed by atoms with van der Waals surface area (Å²) in [5, 5.41) is 0. The van der Waals surface area contributed by atoms with E-state index in [0.717, 1.165) is 17.0 Å². The minimum Gasteiger partial charge on any atom is -0.487 e. The summed E-state index contributed by atoms with van der Waals surface area (Å²) in [4.78, 5) is 14.5. The van der Waals surface area contributed by atoms with Gasteiger partial charge in [0.15, 0.2) is 0 Å². The van der Waals surface area contributed by atoms with E-state index in [-0.39, 0.29) is 12.0 Å². The van der Waals surface area contributed by atoms with Gasteiger partial charge >= 0.3 is 0 Å². The van der Waals surface area contributed by atoms with Crippen molar-refractivity contribution in [3.05, 3.63) is 59.7 Å². The van der Waals surface area contributed by atoms with E-state index in [4.69, 9.17) is 4.74 Å². The molecule has 1 aliphatic heterocycles. The van der Waals surface area contributed by atoms with Crippen molar-refractivity contribution >= 4 is 11.6 Å². The second-order valence-corrected chi connectivity index (χ2v) is 5.18. The zero-order chi connectivity index (χ0) is 14.1. The molecule has 0 saturated carbocycles. The Hall–Kier alpha value is -2.29. The summed E-state index contributed by atoms with van der Waals surface area (Å²) in [6, 6.07) is 15.3. The topological polar surface area (TPSA) is 29.5 Å². The fourth-order valence-electron chi connectivity index (χ4n) is 2.43. The Balaban J connectivity index is 1.97. The Morgan fingerprint density at radius 3 is 2.60 bits per heavy atom. The number of ether oxygens (including phenoxy) is 1. The van der Waals surface area contributed by atoms with Crippen LogP contribution in [0.2, 0.25) is 0 Å². The molecular formula is C17H17NO2. The molecule has 102 valence electrons. The van der Waals surface area contributed by atoms with Crippen LogP contribution in [-0.4, -0.2) is 18.6 Å². The Morgan fingerprint density at radius 2 is 1.85 bits per heavy atom. The number of carbonyl (C=O) groups is 1. The zero-order valence-corrected chi connectivity index (χ0v) is 11.7. The van der Waals surface area contributed by atoms with Gasteiger partial charge in [0.25, 0.3) is 5.91 Å². The molecule has 0 aliphatic carbocycles. The predicted molar refractivity (Wildman–Crippen MR) is 79.4 cm³/mol. The quantitative estimate of drug-likeness (QED) is 0.792. The van der Waals surface area contributed by atoms with Crippen LogP contribution >= 0.6 is 0 Å². The van der Waals surface area contributed by atoms with E-state index in [1.165, 1.54) is 0 Å². The fraction of sp³-hybridized carbons (Fsp3) is 0.235. The first-order chi connectivity index (χ1) is 9.65. The Labute approximate surface area is 118 Å². The highest BCUT2D eigenvalue weighted by molar-refractivity contribution is 6.07. The van der Waals surface area contributed by atoms with Crippen molar-refractivity contribution in [2.24, 2.45) is 0 Å². The molecule has 3 nitrogen and oxygen atoms in total. The molecule has 20 heavy (non-hydrogen) atoms. The van der Waals surface area contributed by atoms with Gasteiger partial charge in [-0.25, -0.2) is 0 Å². The summed E-state index contributed by atoms with van der Waals surface area (Å²) in [5.74, 6) is 0.791. The number of nitrogens with zero attached hydrogens (tertiary/aromatic N) is 1. The number of benzene rings is 2. The lowest BCUT2D eigenvalue weighted by Gasteiger charge is -2.33. The minimum absolute atomic E-state index is 0.000650. The smallest absolute Gasteiger partial charge is 0.258 e. The van der Waals surface area contributed by atoms with Crippen LogP contribution in [0.15, 0.2) is 48.5 Å². The van der Waals surface area contributed by atoms with Crippen LogP contribution in [0.5, 0.6) is 5.75 Å². The molecule has 0 fully saturated rings. The maximum absolute atomic E-state index is 12.7. The number of carbonyl (C=O) groups excluding carboxylic acids is 1. The molecule has 0 aromatic heterocycles. The molecule has 3 heteroatoms. The lowest BCUT2D eigenvalue weighted by atomic mass is 10.1. The molecular weight excluding hydrogens is 250 g/mol. The largest absolute Gasteiger partial charge is 0.487 e. The summed E-state index contributed by atoms with van der Waals surface area (Å²) in [6.07, 6.45) is -0.000650. The summed E-state index contributed by atoms with van der Waals surface area (Å²) in [6.45, 7) is 4.56. The summed E-state index contributed by atoms with van der Waals surface area (Å²) in [7, 11) is 0. The van der Waals surface area contributed by atoms with Crippen molar-refractivity contribution in [1.82, 2.24) is 0 Å². The van der Waals surface area contributed by atoms with Crippen LogP contribution in [0.25, 0.3) is 0 Å². The third-order valence-corrected chi connectivity index (χ3v) is 3.47. The van der Waals surface area contributed by atoms with Gasteiger partial charge in [-0.1, -0.05) is 29.8 Å².